The fourth-order valence-corrected chi connectivity index (χ4v) is 6.51. The first-order valence-electron chi connectivity index (χ1n) is 11.3. The standard InChI is InChI=1S/C28H29NO2/c1-3-17-7-9-22-19(13-17)8-10-24-23(22)11-12-28(2)25(24)16-21(26(28)30)15-18-5-4-6-20(14-18)27(29)31/h3-7,9,13-15,23-25H,1,8,10-12,16H2,2H3,(H2,29,31)/b21-15+/t23-,24-,25+,28+/m1/s1. The summed E-state index contributed by atoms with van der Waals surface area (Å²) in [7, 11) is 0. The van der Waals surface area contributed by atoms with E-state index in [1.807, 2.05) is 24.3 Å². The van der Waals surface area contributed by atoms with E-state index in [1.54, 1.807) is 12.1 Å². The van der Waals surface area contributed by atoms with Crippen molar-refractivity contribution in [3.63, 3.8) is 0 Å². The Labute approximate surface area is 184 Å². The number of fused-ring (bicyclic) bond motifs is 5. The second-order valence-electron chi connectivity index (χ2n) is 9.73. The minimum absolute atomic E-state index is 0.271. The molecule has 0 radical (unpaired) electrons. The number of Topliss-reactive ketones (excluding diaryl/α,β-unsaturated/α-hetero) is 1. The average molecular weight is 412 g/mol. The number of hydrogen-bond donors (Lipinski definition) is 1. The number of carbonyl (C=O) groups is 2. The number of amides is 1. The highest BCUT2D eigenvalue weighted by molar-refractivity contribution is 6.06. The van der Waals surface area contributed by atoms with Crippen LogP contribution in [-0.4, -0.2) is 11.7 Å². The smallest absolute Gasteiger partial charge is 0.248 e. The Kier molecular flexibility index (Phi) is 4.73. The maximum Gasteiger partial charge on any atom is 0.248 e. The van der Waals surface area contributed by atoms with Gasteiger partial charge in [0.25, 0.3) is 0 Å². The molecule has 2 saturated carbocycles. The van der Waals surface area contributed by atoms with Crippen molar-refractivity contribution in [1.82, 2.24) is 0 Å². The van der Waals surface area contributed by atoms with Crippen molar-refractivity contribution in [2.75, 3.05) is 0 Å². The highest BCUT2D eigenvalue weighted by Crippen LogP contribution is 2.60. The van der Waals surface area contributed by atoms with Gasteiger partial charge in [0.05, 0.1) is 0 Å². The second-order valence-corrected chi connectivity index (χ2v) is 9.73. The largest absolute Gasteiger partial charge is 0.366 e. The minimum Gasteiger partial charge on any atom is -0.366 e. The molecule has 5 rings (SSSR count). The van der Waals surface area contributed by atoms with E-state index in [-0.39, 0.29) is 5.41 Å². The first-order valence-corrected chi connectivity index (χ1v) is 11.3. The average Bonchev–Trinajstić information content (AvgIpc) is 3.03. The third-order valence-electron chi connectivity index (χ3n) is 8.14. The molecular formula is C28H29NO2. The van der Waals surface area contributed by atoms with E-state index in [2.05, 4.69) is 31.7 Å². The normalized spacial score (nSPS) is 30.4. The van der Waals surface area contributed by atoms with Crippen LogP contribution in [0.3, 0.4) is 0 Å². The zero-order valence-electron chi connectivity index (χ0n) is 18.1. The van der Waals surface area contributed by atoms with Gasteiger partial charge in [0.1, 0.15) is 0 Å². The van der Waals surface area contributed by atoms with E-state index in [1.165, 1.54) is 16.7 Å². The van der Waals surface area contributed by atoms with Crippen LogP contribution in [0.2, 0.25) is 0 Å². The number of rotatable bonds is 3. The van der Waals surface area contributed by atoms with Gasteiger partial charge in [0.15, 0.2) is 5.78 Å². The topological polar surface area (TPSA) is 60.2 Å². The van der Waals surface area contributed by atoms with E-state index >= 15 is 0 Å². The lowest BCUT2D eigenvalue weighted by atomic mass is 9.55. The molecule has 0 bridgehead atoms. The molecule has 3 aliphatic carbocycles. The monoisotopic (exact) mass is 411 g/mol. The second kappa shape index (κ2) is 7.33. The van der Waals surface area contributed by atoms with Crippen molar-refractivity contribution in [2.24, 2.45) is 23.0 Å². The van der Waals surface area contributed by atoms with Crippen LogP contribution in [0.1, 0.15) is 71.1 Å². The highest BCUT2D eigenvalue weighted by Gasteiger charge is 2.56. The Morgan fingerprint density at radius 1 is 1.16 bits per heavy atom. The van der Waals surface area contributed by atoms with Crippen LogP contribution in [0, 0.1) is 17.3 Å². The summed E-state index contributed by atoms with van der Waals surface area (Å²) < 4.78 is 0. The SMILES string of the molecule is C=Cc1ccc2c(c1)CC[C@@H]1[C@@H]2CC[C@]2(C)C(=O)/C(=C/c3cccc(C(N)=O)c3)C[C@@H]12. The van der Waals surface area contributed by atoms with Crippen LogP contribution in [0.5, 0.6) is 0 Å². The Balaban J connectivity index is 1.47. The van der Waals surface area contributed by atoms with E-state index in [9.17, 15) is 9.59 Å². The van der Waals surface area contributed by atoms with Crippen LogP contribution in [-0.2, 0) is 11.2 Å². The van der Waals surface area contributed by atoms with Crippen LogP contribution < -0.4 is 5.73 Å². The molecule has 31 heavy (non-hydrogen) atoms. The number of carbonyl (C=O) groups excluding carboxylic acids is 2. The summed E-state index contributed by atoms with van der Waals surface area (Å²) in [5.74, 6) is 1.34. The van der Waals surface area contributed by atoms with Crippen molar-refractivity contribution < 1.29 is 9.59 Å². The van der Waals surface area contributed by atoms with Crippen molar-refractivity contribution in [2.45, 2.75) is 44.9 Å². The molecule has 2 fully saturated rings. The number of nitrogens with two attached hydrogens (primary N) is 1. The number of benzene rings is 2. The first kappa shape index (κ1) is 20.0. The molecule has 3 heteroatoms. The fraction of sp³-hybridized carbons (Fsp3) is 0.357. The zero-order valence-corrected chi connectivity index (χ0v) is 18.1. The van der Waals surface area contributed by atoms with Crippen LogP contribution >= 0.6 is 0 Å². The van der Waals surface area contributed by atoms with E-state index in [0.29, 0.717) is 29.1 Å². The Bertz CT molecular complexity index is 1130. The van der Waals surface area contributed by atoms with Crippen molar-refractivity contribution in [3.05, 3.63) is 82.4 Å². The van der Waals surface area contributed by atoms with E-state index in [4.69, 9.17) is 5.73 Å². The van der Waals surface area contributed by atoms with Gasteiger partial charge in [-0.25, -0.2) is 0 Å². The minimum atomic E-state index is -0.443. The van der Waals surface area contributed by atoms with Gasteiger partial charge in [-0.15, -0.1) is 0 Å². The summed E-state index contributed by atoms with van der Waals surface area (Å²) in [6.45, 7) is 6.10. The molecule has 0 saturated heterocycles. The summed E-state index contributed by atoms with van der Waals surface area (Å²) in [6, 6.07) is 14.0. The maximum atomic E-state index is 13.5. The van der Waals surface area contributed by atoms with Gasteiger partial charge in [-0.1, -0.05) is 49.9 Å². The Hall–Kier alpha value is -2.94. The van der Waals surface area contributed by atoms with E-state index < -0.39 is 5.91 Å². The Morgan fingerprint density at radius 2 is 2.00 bits per heavy atom. The molecule has 1 amide bonds. The molecule has 2 aromatic carbocycles. The molecule has 0 heterocycles. The summed E-state index contributed by atoms with van der Waals surface area (Å²) >= 11 is 0. The molecule has 0 spiro atoms. The summed E-state index contributed by atoms with van der Waals surface area (Å²) in [5, 5.41) is 0. The molecule has 2 aromatic rings. The van der Waals surface area contributed by atoms with Crippen LogP contribution in [0.4, 0.5) is 0 Å². The molecule has 0 unspecified atom stereocenters. The van der Waals surface area contributed by atoms with Crippen LogP contribution in [0.15, 0.2) is 54.6 Å². The van der Waals surface area contributed by atoms with Gasteiger partial charge in [0, 0.05) is 11.0 Å². The van der Waals surface area contributed by atoms with Crippen LogP contribution in [0.25, 0.3) is 12.2 Å². The van der Waals surface area contributed by atoms with Gasteiger partial charge in [-0.3, -0.25) is 9.59 Å². The lowest BCUT2D eigenvalue weighted by Crippen LogP contribution is -2.42. The molecule has 0 aromatic heterocycles. The van der Waals surface area contributed by atoms with Gasteiger partial charge in [0.2, 0.25) is 5.91 Å². The molecule has 2 N–H and O–H groups in total. The number of ketones is 1. The van der Waals surface area contributed by atoms with Crippen molar-refractivity contribution in [3.8, 4) is 0 Å². The lowest BCUT2D eigenvalue weighted by Gasteiger charge is -2.48. The van der Waals surface area contributed by atoms with Gasteiger partial charge >= 0.3 is 0 Å². The van der Waals surface area contributed by atoms with Crippen molar-refractivity contribution in [1.29, 1.82) is 0 Å². The third-order valence-corrected chi connectivity index (χ3v) is 8.14. The maximum absolute atomic E-state index is 13.5. The third kappa shape index (κ3) is 3.18. The fourth-order valence-electron chi connectivity index (χ4n) is 6.51. The summed E-state index contributed by atoms with van der Waals surface area (Å²) in [5.41, 5.74) is 11.6. The van der Waals surface area contributed by atoms with Crippen molar-refractivity contribution >= 4 is 23.8 Å². The summed E-state index contributed by atoms with van der Waals surface area (Å²) in [4.78, 5) is 25.1. The molecule has 3 nitrogen and oxygen atoms in total. The molecular weight excluding hydrogens is 382 g/mol. The van der Waals surface area contributed by atoms with Gasteiger partial charge in [-0.05, 0) is 95.9 Å². The predicted molar refractivity (Wildman–Crippen MR) is 124 cm³/mol. The number of allylic oxidation sites excluding steroid dienone is 1. The molecule has 158 valence electrons. The predicted octanol–water partition coefficient (Wildman–Crippen LogP) is 5.55. The van der Waals surface area contributed by atoms with Gasteiger partial charge < -0.3 is 5.73 Å². The molecule has 4 atom stereocenters. The quantitative estimate of drug-likeness (QED) is 0.674. The van der Waals surface area contributed by atoms with Gasteiger partial charge in [-0.2, -0.15) is 0 Å². The number of primary amides is 1. The first-order chi connectivity index (χ1) is 14.9. The highest BCUT2D eigenvalue weighted by atomic mass is 16.1. The number of hydrogen-bond acceptors (Lipinski definition) is 2. The number of aryl methyl sites for hydroxylation is 1. The molecule has 0 aliphatic heterocycles. The Morgan fingerprint density at radius 3 is 2.77 bits per heavy atom. The summed E-state index contributed by atoms with van der Waals surface area (Å²) in [6.07, 6.45) is 8.99. The lowest BCUT2D eigenvalue weighted by molar-refractivity contribution is -0.127. The van der Waals surface area contributed by atoms with E-state index in [0.717, 1.165) is 43.2 Å². The molecule has 3 aliphatic rings. The zero-order chi connectivity index (χ0) is 21.8.